The van der Waals surface area contributed by atoms with Crippen molar-refractivity contribution in [2.75, 3.05) is 18.6 Å². The van der Waals surface area contributed by atoms with Crippen molar-refractivity contribution in [3.8, 4) is 5.75 Å². The number of carbonyl (C=O) groups is 3. The summed E-state index contributed by atoms with van der Waals surface area (Å²) in [4.78, 5) is 39.1. The number of hydrogen-bond acceptors (Lipinski definition) is 5. The zero-order valence-corrected chi connectivity index (χ0v) is 16.0. The van der Waals surface area contributed by atoms with Crippen LogP contribution in [0.25, 0.3) is 0 Å². The lowest BCUT2D eigenvalue weighted by molar-refractivity contribution is -0.151. The molecule has 6 nitrogen and oxygen atoms in total. The number of anilines is 1. The first-order chi connectivity index (χ1) is 13.5. The molecule has 28 heavy (non-hydrogen) atoms. The summed E-state index contributed by atoms with van der Waals surface area (Å²) in [6.45, 7) is 2.03. The van der Waals surface area contributed by atoms with Crippen molar-refractivity contribution >= 4 is 23.3 Å². The summed E-state index contributed by atoms with van der Waals surface area (Å²) in [6, 6.07) is 15.8. The number of carbonyl (C=O) groups excluding carboxylic acids is 3. The number of ketones is 1. The largest absolute Gasteiger partial charge is 0.497 e. The fourth-order valence-electron chi connectivity index (χ4n) is 3.22. The summed E-state index contributed by atoms with van der Waals surface area (Å²) in [5.74, 6) is -0.786. The van der Waals surface area contributed by atoms with E-state index < -0.39 is 18.0 Å². The van der Waals surface area contributed by atoms with Crippen LogP contribution in [-0.4, -0.2) is 37.4 Å². The number of amides is 1. The van der Waals surface area contributed by atoms with Gasteiger partial charge in [-0.1, -0.05) is 37.3 Å². The van der Waals surface area contributed by atoms with Crippen LogP contribution in [0.15, 0.2) is 54.6 Å². The summed E-state index contributed by atoms with van der Waals surface area (Å²) in [5.41, 5.74) is 1.21. The van der Waals surface area contributed by atoms with Crippen molar-refractivity contribution in [3.63, 3.8) is 0 Å². The third-order valence-electron chi connectivity index (χ3n) is 4.82. The number of benzene rings is 2. The molecule has 1 aliphatic rings. The predicted octanol–water partition coefficient (Wildman–Crippen LogP) is 3.25. The van der Waals surface area contributed by atoms with Gasteiger partial charge < -0.3 is 14.4 Å². The number of methoxy groups -OCH3 is 1. The van der Waals surface area contributed by atoms with E-state index in [4.69, 9.17) is 9.47 Å². The molecule has 3 rings (SSSR count). The van der Waals surface area contributed by atoms with E-state index in [1.807, 2.05) is 6.07 Å². The Balaban J connectivity index is 1.65. The average Bonchev–Trinajstić information content (AvgIpc) is 3.13. The summed E-state index contributed by atoms with van der Waals surface area (Å²) in [6.07, 6.45) is -0.400. The standard InChI is InChI=1S/C22H23NO5/c1-3-19(21(25)15-7-5-4-6-8-15)28-22(26)16-13-20(24)23(14-16)17-9-11-18(27-2)12-10-17/h4-12,16,19H,3,13-14H2,1-2H3/t16-,19-/m1/s1. The molecule has 0 unspecified atom stereocenters. The number of ether oxygens (including phenoxy) is 2. The second-order valence-electron chi connectivity index (χ2n) is 6.67. The SMILES string of the molecule is CC[C@@H](OC(=O)[C@@H]1CC(=O)N(c2ccc(OC)cc2)C1)C(=O)c1ccccc1. The minimum atomic E-state index is -0.847. The molecular weight excluding hydrogens is 358 g/mol. The Morgan fingerprint density at radius 2 is 1.79 bits per heavy atom. The minimum Gasteiger partial charge on any atom is -0.497 e. The second-order valence-corrected chi connectivity index (χ2v) is 6.67. The van der Waals surface area contributed by atoms with Crippen LogP contribution < -0.4 is 9.64 Å². The van der Waals surface area contributed by atoms with Crippen LogP contribution in [0.5, 0.6) is 5.75 Å². The highest BCUT2D eigenvalue weighted by Gasteiger charge is 2.37. The number of hydrogen-bond donors (Lipinski definition) is 0. The van der Waals surface area contributed by atoms with E-state index in [2.05, 4.69) is 0 Å². The lowest BCUT2D eigenvalue weighted by Crippen LogP contribution is -2.31. The van der Waals surface area contributed by atoms with Gasteiger partial charge in [0.1, 0.15) is 5.75 Å². The van der Waals surface area contributed by atoms with Crippen LogP contribution in [0, 0.1) is 5.92 Å². The van der Waals surface area contributed by atoms with Gasteiger partial charge in [-0.05, 0) is 30.7 Å². The van der Waals surface area contributed by atoms with Gasteiger partial charge in [-0.2, -0.15) is 0 Å². The summed E-state index contributed by atoms with van der Waals surface area (Å²) >= 11 is 0. The van der Waals surface area contributed by atoms with Gasteiger partial charge in [-0.15, -0.1) is 0 Å². The molecule has 1 heterocycles. The van der Waals surface area contributed by atoms with Gasteiger partial charge in [0.15, 0.2) is 6.10 Å². The van der Waals surface area contributed by atoms with Gasteiger partial charge in [-0.25, -0.2) is 0 Å². The smallest absolute Gasteiger partial charge is 0.312 e. The Bertz CT molecular complexity index is 847. The van der Waals surface area contributed by atoms with Crippen LogP contribution in [0.2, 0.25) is 0 Å². The molecule has 2 aromatic carbocycles. The molecule has 0 saturated carbocycles. The number of rotatable bonds is 7. The van der Waals surface area contributed by atoms with E-state index in [0.717, 1.165) is 0 Å². The molecule has 0 spiro atoms. The number of Topliss-reactive ketones (excluding diaryl/α,β-unsaturated/α-hetero) is 1. The van der Waals surface area contributed by atoms with E-state index in [9.17, 15) is 14.4 Å². The maximum absolute atomic E-state index is 12.6. The topological polar surface area (TPSA) is 72.9 Å². The fraction of sp³-hybridized carbons (Fsp3) is 0.318. The minimum absolute atomic E-state index is 0.0703. The van der Waals surface area contributed by atoms with E-state index in [1.54, 1.807) is 67.5 Å². The number of esters is 1. The first-order valence-electron chi connectivity index (χ1n) is 9.27. The van der Waals surface area contributed by atoms with Crippen molar-refractivity contribution < 1.29 is 23.9 Å². The Labute approximate surface area is 164 Å². The molecule has 1 aliphatic heterocycles. The molecule has 1 saturated heterocycles. The molecule has 2 aromatic rings. The highest BCUT2D eigenvalue weighted by Crippen LogP contribution is 2.28. The first-order valence-corrected chi connectivity index (χ1v) is 9.27. The van der Waals surface area contributed by atoms with Crippen LogP contribution in [0.4, 0.5) is 5.69 Å². The van der Waals surface area contributed by atoms with Crippen LogP contribution in [-0.2, 0) is 14.3 Å². The highest BCUT2D eigenvalue weighted by molar-refractivity contribution is 6.02. The number of nitrogens with zero attached hydrogens (tertiary/aromatic N) is 1. The third-order valence-corrected chi connectivity index (χ3v) is 4.82. The zero-order valence-electron chi connectivity index (χ0n) is 16.0. The first kappa shape index (κ1) is 19.6. The third kappa shape index (κ3) is 4.22. The van der Waals surface area contributed by atoms with Crippen molar-refractivity contribution in [1.29, 1.82) is 0 Å². The summed E-state index contributed by atoms with van der Waals surface area (Å²) < 4.78 is 10.6. The van der Waals surface area contributed by atoms with Crippen LogP contribution in [0.1, 0.15) is 30.1 Å². The maximum atomic E-state index is 12.6. The van der Waals surface area contributed by atoms with Gasteiger partial charge in [0.2, 0.25) is 11.7 Å². The Morgan fingerprint density at radius 3 is 2.39 bits per heavy atom. The molecule has 0 aliphatic carbocycles. The zero-order chi connectivity index (χ0) is 20.1. The van der Waals surface area contributed by atoms with E-state index in [-0.39, 0.29) is 24.7 Å². The lowest BCUT2D eigenvalue weighted by atomic mass is 10.0. The van der Waals surface area contributed by atoms with Crippen molar-refractivity contribution in [3.05, 3.63) is 60.2 Å². The van der Waals surface area contributed by atoms with Gasteiger partial charge in [0.25, 0.3) is 0 Å². The Kier molecular flexibility index (Phi) is 6.09. The van der Waals surface area contributed by atoms with Crippen molar-refractivity contribution in [2.24, 2.45) is 5.92 Å². The van der Waals surface area contributed by atoms with E-state index in [1.165, 1.54) is 0 Å². The normalized spacial score (nSPS) is 17.3. The highest BCUT2D eigenvalue weighted by atomic mass is 16.5. The lowest BCUT2D eigenvalue weighted by Gasteiger charge is -2.19. The Morgan fingerprint density at radius 1 is 1.11 bits per heavy atom. The predicted molar refractivity (Wildman–Crippen MR) is 104 cm³/mol. The van der Waals surface area contributed by atoms with E-state index in [0.29, 0.717) is 23.4 Å². The maximum Gasteiger partial charge on any atom is 0.312 e. The molecule has 0 radical (unpaired) electrons. The molecule has 1 fully saturated rings. The summed E-state index contributed by atoms with van der Waals surface area (Å²) in [5, 5.41) is 0. The Hall–Kier alpha value is -3.15. The monoisotopic (exact) mass is 381 g/mol. The van der Waals surface area contributed by atoms with Crippen molar-refractivity contribution in [2.45, 2.75) is 25.9 Å². The molecule has 146 valence electrons. The average molecular weight is 381 g/mol. The van der Waals surface area contributed by atoms with Crippen LogP contribution in [0.3, 0.4) is 0 Å². The van der Waals surface area contributed by atoms with Crippen molar-refractivity contribution in [1.82, 2.24) is 0 Å². The molecule has 1 amide bonds. The summed E-state index contributed by atoms with van der Waals surface area (Å²) in [7, 11) is 1.57. The fourth-order valence-corrected chi connectivity index (χ4v) is 3.22. The molecule has 6 heteroatoms. The van der Waals surface area contributed by atoms with Gasteiger partial charge in [0.05, 0.1) is 13.0 Å². The molecule has 2 atom stereocenters. The van der Waals surface area contributed by atoms with E-state index >= 15 is 0 Å². The quantitative estimate of drug-likeness (QED) is 0.544. The molecule has 0 aromatic heterocycles. The molecule has 0 bridgehead atoms. The molecular formula is C22H23NO5. The van der Waals surface area contributed by atoms with Gasteiger partial charge in [-0.3, -0.25) is 14.4 Å². The van der Waals surface area contributed by atoms with Gasteiger partial charge in [0, 0.05) is 24.2 Å². The van der Waals surface area contributed by atoms with Crippen LogP contribution >= 0.6 is 0 Å². The molecule has 0 N–H and O–H groups in total. The van der Waals surface area contributed by atoms with Gasteiger partial charge >= 0.3 is 5.97 Å². The second kappa shape index (κ2) is 8.69.